The van der Waals surface area contributed by atoms with Gasteiger partial charge in [0.15, 0.2) is 0 Å². The molecular weight excluding hydrogens is 666 g/mol. The van der Waals surface area contributed by atoms with Gasteiger partial charge in [0.1, 0.15) is 29.7 Å². The highest BCUT2D eigenvalue weighted by atomic mass is 127. The van der Waals surface area contributed by atoms with Crippen molar-refractivity contribution in [1.82, 2.24) is 0 Å². The zero-order valence-corrected chi connectivity index (χ0v) is 23.0. The Hall–Kier alpha value is -3.10. The summed E-state index contributed by atoms with van der Waals surface area (Å²) in [7, 11) is 1.58. The first-order chi connectivity index (χ1) is 17.0. The van der Waals surface area contributed by atoms with Crippen molar-refractivity contribution in [2.75, 3.05) is 12.4 Å². The Labute approximate surface area is 231 Å². The summed E-state index contributed by atoms with van der Waals surface area (Å²) in [6, 6.07) is 27.2. The summed E-state index contributed by atoms with van der Waals surface area (Å²) in [6.07, 6.45) is 1.58. The number of nitrogens with one attached hydrogen (secondary N) is 1. The number of carbonyl (C=O) groups is 1. The molecule has 35 heavy (non-hydrogen) atoms. The normalized spacial score (nSPS) is 11.1. The molecule has 0 heterocycles. The van der Waals surface area contributed by atoms with Crippen LogP contribution in [0.2, 0.25) is 0 Å². The van der Waals surface area contributed by atoms with Gasteiger partial charge >= 0.3 is 0 Å². The Balaban J connectivity index is 1.48. The number of halogens is 2. The van der Waals surface area contributed by atoms with Gasteiger partial charge in [-0.2, -0.15) is 5.26 Å². The van der Waals surface area contributed by atoms with E-state index in [1.807, 2.05) is 30.3 Å². The Morgan fingerprint density at radius 2 is 1.66 bits per heavy atom. The van der Waals surface area contributed by atoms with Crippen LogP contribution in [0.1, 0.15) is 11.1 Å². The van der Waals surface area contributed by atoms with Gasteiger partial charge in [-0.15, -0.1) is 0 Å². The van der Waals surface area contributed by atoms with Gasteiger partial charge in [0, 0.05) is 5.69 Å². The fourth-order valence-electron chi connectivity index (χ4n) is 3.47. The SMILES string of the molecule is COc1ccc(NC(=O)/C(C#N)=C\c2cc(I)c(OCc3ccc4ccccc4c3)c(I)c2)cc1. The van der Waals surface area contributed by atoms with Gasteiger partial charge < -0.3 is 14.8 Å². The van der Waals surface area contributed by atoms with Crippen molar-refractivity contribution in [3.63, 3.8) is 0 Å². The second-order valence-corrected chi connectivity index (χ2v) is 9.96. The van der Waals surface area contributed by atoms with Crippen LogP contribution in [0.5, 0.6) is 11.5 Å². The molecule has 0 bridgehead atoms. The number of carbonyl (C=O) groups excluding carboxylic acids is 1. The third-order valence-electron chi connectivity index (χ3n) is 5.24. The van der Waals surface area contributed by atoms with Gasteiger partial charge in [0.2, 0.25) is 0 Å². The van der Waals surface area contributed by atoms with Crippen LogP contribution < -0.4 is 14.8 Å². The number of methoxy groups -OCH3 is 1. The van der Waals surface area contributed by atoms with E-state index in [0.29, 0.717) is 18.0 Å². The maximum atomic E-state index is 12.6. The molecule has 5 nitrogen and oxygen atoms in total. The minimum Gasteiger partial charge on any atom is -0.497 e. The van der Waals surface area contributed by atoms with Crippen LogP contribution >= 0.6 is 45.2 Å². The first-order valence-corrected chi connectivity index (χ1v) is 12.8. The number of hydrogen-bond acceptors (Lipinski definition) is 4. The molecule has 174 valence electrons. The van der Waals surface area contributed by atoms with Crippen LogP contribution in [-0.4, -0.2) is 13.0 Å². The number of amides is 1. The van der Waals surface area contributed by atoms with Gasteiger partial charge in [0.05, 0.1) is 14.3 Å². The minimum atomic E-state index is -0.473. The minimum absolute atomic E-state index is 0.0113. The summed E-state index contributed by atoms with van der Waals surface area (Å²) >= 11 is 4.43. The predicted molar refractivity (Wildman–Crippen MR) is 155 cm³/mol. The summed E-state index contributed by atoms with van der Waals surface area (Å²) in [6.45, 7) is 0.444. The van der Waals surface area contributed by atoms with Gasteiger partial charge in [-0.1, -0.05) is 36.4 Å². The molecule has 4 aromatic carbocycles. The molecule has 0 aliphatic carbocycles. The van der Waals surface area contributed by atoms with E-state index in [4.69, 9.17) is 9.47 Å². The third kappa shape index (κ3) is 6.32. The third-order valence-corrected chi connectivity index (χ3v) is 6.84. The molecule has 0 aliphatic rings. The van der Waals surface area contributed by atoms with Crippen molar-refractivity contribution in [3.8, 4) is 17.6 Å². The van der Waals surface area contributed by atoms with Gasteiger partial charge in [0.25, 0.3) is 5.91 Å². The Kier molecular flexibility index (Phi) is 8.25. The Morgan fingerprint density at radius 1 is 0.971 bits per heavy atom. The summed E-state index contributed by atoms with van der Waals surface area (Å²) in [5.41, 5.74) is 2.43. The van der Waals surface area contributed by atoms with Crippen molar-refractivity contribution in [1.29, 1.82) is 5.26 Å². The second-order valence-electron chi connectivity index (χ2n) is 7.64. The lowest BCUT2D eigenvalue weighted by Crippen LogP contribution is -2.13. The summed E-state index contributed by atoms with van der Waals surface area (Å²) in [5.74, 6) is 0.989. The Bertz CT molecular complexity index is 1430. The number of ether oxygens (including phenoxy) is 2. The van der Waals surface area contributed by atoms with E-state index < -0.39 is 5.91 Å². The molecule has 7 heteroatoms. The van der Waals surface area contributed by atoms with E-state index >= 15 is 0 Å². The van der Waals surface area contributed by atoms with Crippen molar-refractivity contribution >= 4 is 73.6 Å². The predicted octanol–water partition coefficient (Wildman–Crippen LogP) is 7.18. The number of rotatable bonds is 7. The monoisotopic (exact) mass is 686 g/mol. The van der Waals surface area contributed by atoms with E-state index in [0.717, 1.165) is 24.0 Å². The average molecular weight is 686 g/mol. The number of hydrogen-bond donors (Lipinski definition) is 1. The molecule has 0 saturated heterocycles. The molecule has 0 spiro atoms. The van der Waals surface area contributed by atoms with E-state index in [1.165, 1.54) is 10.8 Å². The molecule has 0 atom stereocenters. The Morgan fingerprint density at radius 3 is 2.31 bits per heavy atom. The molecule has 0 saturated carbocycles. The fourth-order valence-corrected chi connectivity index (χ4v) is 5.60. The number of fused-ring (bicyclic) bond motifs is 1. The average Bonchev–Trinajstić information content (AvgIpc) is 2.87. The summed E-state index contributed by atoms with van der Waals surface area (Å²) < 4.78 is 13.1. The first-order valence-electron chi connectivity index (χ1n) is 10.6. The number of nitriles is 1. The highest BCUT2D eigenvalue weighted by Crippen LogP contribution is 2.31. The second kappa shape index (κ2) is 11.6. The number of anilines is 1. The molecule has 4 aromatic rings. The van der Waals surface area contributed by atoms with Crippen molar-refractivity contribution in [2.24, 2.45) is 0 Å². The van der Waals surface area contributed by atoms with Crippen LogP contribution in [0, 0.1) is 18.5 Å². The molecule has 1 amide bonds. The van der Waals surface area contributed by atoms with Crippen molar-refractivity contribution in [2.45, 2.75) is 6.61 Å². The first kappa shape index (κ1) is 25.0. The molecule has 1 N–H and O–H groups in total. The topological polar surface area (TPSA) is 71.3 Å². The van der Waals surface area contributed by atoms with Crippen LogP contribution in [0.15, 0.2) is 84.4 Å². The highest BCUT2D eigenvalue weighted by Gasteiger charge is 2.13. The molecule has 0 fully saturated rings. The largest absolute Gasteiger partial charge is 0.497 e. The van der Waals surface area contributed by atoms with E-state index in [2.05, 4.69) is 80.8 Å². The van der Waals surface area contributed by atoms with Crippen molar-refractivity contribution in [3.05, 3.63) is 103 Å². The quantitative estimate of drug-likeness (QED) is 0.127. The van der Waals surface area contributed by atoms with E-state index in [9.17, 15) is 10.1 Å². The standard InChI is InChI=1S/C28H20I2N2O3/c1-34-24-10-8-23(9-11-24)32-28(33)22(16-31)13-19-14-25(29)27(26(30)15-19)35-17-18-6-7-20-4-2-3-5-21(20)12-18/h2-15H,17H2,1H3,(H,32,33)/b22-13-. The maximum absolute atomic E-state index is 12.6. The van der Waals surface area contributed by atoms with Gasteiger partial charge in [-0.05, 0) is 116 Å². The lowest BCUT2D eigenvalue weighted by molar-refractivity contribution is -0.112. The number of nitrogens with zero attached hydrogens (tertiary/aromatic N) is 1. The fraction of sp³-hybridized carbons (Fsp3) is 0.0714. The van der Waals surface area contributed by atoms with Gasteiger partial charge in [-0.3, -0.25) is 4.79 Å². The van der Waals surface area contributed by atoms with Crippen molar-refractivity contribution < 1.29 is 14.3 Å². The summed E-state index contributed by atoms with van der Waals surface area (Å²) in [4.78, 5) is 12.6. The maximum Gasteiger partial charge on any atom is 0.266 e. The molecule has 0 aromatic heterocycles. The number of benzene rings is 4. The van der Waals surface area contributed by atoms with E-state index in [-0.39, 0.29) is 5.57 Å². The summed E-state index contributed by atoms with van der Waals surface area (Å²) in [5, 5.41) is 14.7. The molecule has 4 rings (SSSR count). The molecule has 0 unspecified atom stereocenters. The smallest absolute Gasteiger partial charge is 0.266 e. The highest BCUT2D eigenvalue weighted by molar-refractivity contribution is 14.1. The van der Waals surface area contributed by atoms with Crippen LogP contribution in [0.25, 0.3) is 16.8 Å². The lowest BCUT2D eigenvalue weighted by Gasteiger charge is -2.12. The van der Waals surface area contributed by atoms with Gasteiger partial charge in [-0.25, -0.2) is 0 Å². The lowest BCUT2D eigenvalue weighted by atomic mass is 10.1. The zero-order chi connectivity index (χ0) is 24.8. The molecule has 0 aliphatic heterocycles. The van der Waals surface area contributed by atoms with Crippen LogP contribution in [0.4, 0.5) is 5.69 Å². The van der Waals surface area contributed by atoms with E-state index in [1.54, 1.807) is 37.5 Å². The zero-order valence-electron chi connectivity index (χ0n) is 18.7. The van der Waals surface area contributed by atoms with Crippen LogP contribution in [0.3, 0.4) is 0 Å². The van der Waals surface area contributed by atoms with Crippen LogP contribution in [-0.2, 0) is 11.4 Å². The molecule has 0 radical (unpaired) electrons. The molecular formula is C28H20I2N2O3.